The molecule has 0 bridgehead atoms. The molecule has 0 fully saturated rings. The van der Waals surface area contributed by atoms with E-state index in [1.54, 1.807) is 11.3 Å². The lowest BCUT2D eigenvalue weighted by Gasteiger charge is -2.16. The molecule has 0 atom stereocenters. The van der Waals surface area contributed by atoms with Gasteiger partial charge in [-0.1, -0.05) is 38.4 Å². The third-order valence-electron chi connectivity index (χ3n) is 2.76. The molecule has 0 spiro atoms. The fourth-order valence-electron chi connectivity index (χ4n) is 1.83. The van der Waals surface area contributed by atoms with E-state index in [9.17, 15) is 0 Å². The van der Waals surface area contributed by atoms with E-state index in [1.165, 1.54) is 0 Å². The van der Waals surface area contributed by atoms with Crippen molar-refractivity contribution >= 4 is 38.9 Å². The fraction of sp³-hybridized carbons (Fsp3) is 0.357. The Kier molecular flexibility index (Phi) is 4.35. The summed E-state index contributed by atoms with van der Waals surface area (Å²) in [5.74, 6) is 0. The SMILES string of the molecule is CC(C)(C)c1nc(-c2ccc(Cl)c(Br)c2)sc1CN. The van der Waals surface area contributed by atoms with Gasteiger partial charge in [-0.3, -0.25) is 0 Å². The third-order valence-corrected chi connectivity index (χ3v) is 5.10. The van der Waals surface area contributed by atoms with Crippen molar-refractivity contribution in [2.45, 2.75) is 32.7 Å². The Balaban J connectivity index is 2.51. The van der Waals surface area contributed by atoms with Gasteiger partial charge in [-0.15, -0.1) is 11.3 Å². The van der Waals surface area contributed by atoms with Crippen LogP contribution in [-0.2, 0) is 12.0 Å². The molecule has 1 aromatic heterocycles. The van der Waals surface area contributed by atoms with E-state index in [0.717, 1.165) is 25.6 Å². The molecule has 0 saturated heterocycles. The highest BCUT2D eigenvalue weighted by atomic mass is 79.9. The molecule has 1 heterocycles. The lowest BCUT2D eigenvalue weighted by Crippen LogP contribution is -2.15. The highest BCUT2D eigenvalue weighted by Crippen LogP contribution is 2.36. The van der Waals surface area contributed by atoms with Gasteiger partial charge in [0, 0.05) is 26.9 Å². The summed E-state index contributed by atoms with van der Waals surface area (Å²) in [6, 6.07) is 5.85. The first-order valence-corrected chi connectivity index (χ1v) is 7.97. The van der Waals surface area contributed by atoms with Gasteiger partial charge in [-0.25, -0.2) is 4.98 Å². The minimum atomic E-state index is 0.00705. The summed E-state index contributed by atoms with van der Waals surface area (Å²) in [4.78, 5) is 5.91. The molecular weight excluding hydrogens is 344 g/mol. The molecule has 0 saturated carbocycles. The van der Waals surface area contributed by atoms with Gasteiger partial charge >= 0.3 is 0 Å². The van der Waals surface area contributed by atoms with E-state index >= 15 is 0 Å². The number of hydrogen-bond acceptors (Lipinski definition) is 3. The Labute approximate surface area is 131 Å². The Morgan fingerprint density at radius 2 is 2.05 bits per heavy atom. The highest BCUT2D eigenvalue weighted by molar-refractivity contribution is 9.10. The predicted molar refractivity (Wildman–Crippen MR) is 86.9 cm³/mol. The van der Waals surface area contributed by atoms with Crippen LogP contribution in [0.25, 0.3) is 10.6 Å². The standard InChI is InChI=1S/C14H16BrClN2S/c1-14(2,3)12-11(7-17)19-13(18-12)8-4-5-10(16)9(15)6-8/h4-6H,7,17H2,1-3H3. The molecule has 0 aliphatic rings. The van der Waals surface area contributed by atoms with Crippen molar-refractivity contribution in [2.24, 2.45) is 5.73 Å². The smallest absolute Gasteiger partial charge is 0.123 e. The molecular formula is C14H16BrClN2S. The molecule has 2 rings (SSSR count). The number of benzene rings is 1. The van der Waals surface area contributed by atoms with E-state index in [4.69, 9.17) is 22.3 Å². The molecule has 0 aliphatic carbocycles. The number of thiazole rings is 1. The van der Waals surface area contributed by atoms with Crippen molar-refractivity contribution < 1.29 is 0 Å². The Morgan fingerprint density at radius 3 is 2.53 bits per heavy atom. The number of nitrogens with two attached hydrogens (primary N) is 1. The highest BCUT2D eigenvalue weighted by Gasteiger charge is 2.23. The molecule has 102 valence electrons. The van der Waals surface area contributed by atoms with E-state index in [2.05, 4.69) is 36.7 Å². The summed E-state index contributed by atoms with van der Waals surface area (Å²) in [6.07, 6.45) is 0. The van der Waals surface area contributed by atoms with Crippen LogP contribution in [0.5, 0.6) is 0 Å². The molecule has 2 nitrogen and oxygen atoms in total. The zero-order valence-electron chi connectivity index (χ0n) is 11.1. The van der Waals surface area contributed by atoms with Crippen LogP contribution in [-0.4, -0.2) is 4.98 Å². The maximum Gasteiger partial charge on any atom is 0.123 e. The van der Waals surface area contributed by atoms with Crippen LogP contribution in [0, 0.1) is 0 Å². The van der Waals surface area contributed by atoms with Gasteiger partial charge in [0.1, 0.15) is 5.01 Å². The molecule has 0 unspecified atom stereocenters. The number of halogens is 2. The summed E-state index contributed by atoms with van der Waals surface area (Å²) >= 11 is 11.1. The number of rotatable bonds is 2. The Hall–Kier alpha value is -0.420. The van der Waals surface area contributed by atoms with E-state index in [-0.39, 0.29) is 5.41 Å². The lowest BCUT2D eigenvalue weighted by atomic mass is 9.91. The van der Waals surface area contributed by atoms with E-state index in [1.807, 2.05) is 18.2 Å². The first-order chi connectivity index (χ1) is 8.82. The van der Waals surface area contributed by atoms with E-state index < -0.39 is 0 Å². The van der Waals surface area contributed by atoms with Crippen LogP contribution in [0.15, 0.2) is 22.7 Å². The first kappa shape index (κ1) is 15.0. The van der Waals surface area contributed by atoms with Gasteiger partial charge in [-0.2, -0.15) is 0 Å². The van der Waals surface area contributed by atoms with Crippen LogP contribution >= 0.6 is 38.9 Å². The van der Waals surface area contributed by atoms with Gasteiger partial charge in [0.2, 0.25) is 0 Å². The molecule has 2 aromatic rings. The van der Waals surface area contributed by atoms with Gasteiger partial charge in [0.05, 0.1) is 10.7 Å². The number of nitrogens with zero attached hydrogens (tertiary/aromatic N) is 1. The van der Waals surface area contributed by atoms with Gasteiger partial charge < -0.3 is 5.73 Å². The zero-order chi connectivity index (χ0) is 14.2. The van der Waals surface area contributed by atoms with Crippen molar-refractivity contribution in [3.05, 3.63) is 38.3 Å². The number of aromatic nitrogens is 1. The zero-order valence-corrected chi connectivity index (χ0v) is 14.3. The summed E-state index contributed by atoms with van der Waals surface area (Å²) in [7, 11) is 0. The molecule has 0 radical (unpaired) electrons. The van der Waals surface area contributed by atoms with Crippen LogP contribution < -0.4 is 5.73 Å². The monoisotopic (exact) mass is 358 g/mol. The topological polar surface area (TPSA) is 38.9 Å². The predicted octanol–water partition coefficient (Wildman–Crippen LogP) is 4.98. The van der Waals surface area contributed by atoms with Crippen molar-refractivity contribution in [2.75, 3.05) is 0 Å². The largest absolute Gasteiger partial charge is 0.326 e. The molecule has 0 aliphatic heterocycles. The molecule has 1 aromatic carbocycles. The molecule has 0 amide bonds. The average molecular weight is 360 g/mol. The summed E-state index contributed by atoms with van der Waals surface area (Å²) < 4.78 is 0.883. The average Bonchev–Trinajstić information content (AvgIpc) is 2.76. The molecule has 5 heteroatoms. The fourth-order valence-corrected chi connectivity index (χ4v) is 3.47. The van der Waals surface area contributed by atoms with Crippen LogP contribution in [0.2, 0.25) is 5.02 Å². The van der Waals surface area contributed by atoms with Crippen LogP contribution in [0.3, 0.4) is 0 Å². The number of hydrogen-bond donors (Lipinski definition) is 1. The quantitative estimate of drug-likeness (QED) is 0.821. The first-order valence-electron chi connectivity index (χ1n) is 5.98. The Bertz CT molecular complexity index is 602. The minimum Gasteiger partial charge on any atom is -0.326 e. The van der Waals surface area contributed by atoms with Crippen molar-refractivity contribution in [1.82, 2.24) is 4.98 Å². The van der Waals surface area contributed by atoms with E-state index in [0.29, 0.717) is 11.6 Å². The molecule has 2 N–H and O–H groups in total. The van der Waals surface area contributed by atoms with Crippen molar-refractivity contribution in [3.63, 3.8) is 0 Å². The van der Waals surface area contributed by atoms with Crippen LogP contribution in [0.4, 0.5) is 0 Å². The second kappa shape index (κ2) is 5.52. The second-order valence-electron chi connectivity index (χ2n) is 5.37. The maximum absolute atomic E-state index is 6.02. The Morgan fingerprint density at radius 1 is 1.37 bits per heavy atom. The maximum atomic E-state index is 6.02. The van der Waals surface area contributed by atoms with Crippen molar-refractivity contribution in [1.29, 1.82) is 0 Å². The molecule has 19 heavy (non-hydrogen) atoms. The van der Waals surface area contributed by atoms with Gasteiger partial charge in [0.15, 0.2) is 0 Å². The summed E-state index contributed by atoms with van der Waals surface area (Å²) in [6.45, 7) is 6.99. The van der Waals surface area contributed by atoms with Crippen molar-refractivity contribution in [3.8, 4) is 10.6 Å². The minimum absolute atomic E-state index is 0.00705. The van der Waals surface area contributed by atoms with Crippen LogP contribution in [0.1, 0.15) is 31.3 Å². The summed E-state index contributed by atoms with van der Waals surface area (Å²) in [5, 5.41) is 1.69. The summed E-state index contributed by atoms with van der Waals surface area (Å²) in [5.41, 5.74) is 7.99. The normalized spacial score (nSPS) is 11.9. The van der Waals surface area contributed by atoms with Gasteiger partial charge in [-0.05, 0) is 28.1 Å². The second-order valence-corrected chi connectivity index (χ2v) is 7.72. The third kappa shape index (κ3) is 3.19. The lowest BCUT2D eigenvalue weighted by molar-refractivity contribution is 0.567. The van der Waals surface area contributed by atoms with Gasteiger partial charge in [0.25, 0.3) is 0 Å².